The van der Waals surface area contributed by atoms with Gasteiger partial charge in [-0.1, -0.05) is 59.7 Å². The van der Waals surface area contributed by atoms with Crippen molar-refractivity contribution in [1.29, 1.82) is 0 Å². The average Bonchev–Trinajstić information content (AvgIpc) is 2.84. The molecule has 0 saturated heterocycles. The van der Waals surface area contributed by atoms with Crippen LogP contribution in [0.5, 0.6) is 5.75 Å². The number of sulfonamides is 1. The Morgan fingerprint density at radius 3 is 1.86 bits per heavy atom. The number of hydrogen-bond donors (Lipinski definition) is 0. The van der Waals surface area contributed by atoms with Gasteiger partial charge in [0.1, 0.15) is 18.2 Å². The van der Waals surface area contributed by atoms with Crippen molar-refractivity contribution in [2.45, 2.75) is 52.0 Å². The molecule has 1 aromatic heterocycles. The Morgan fingerprint density at radius 2 is 1.27 bits per heavy atom. The molecule has 3 aromatic carbocycles. The van der Waals surface area contributed by atoms with Crippen LogP contribution in [0.4, 0.5) is 0 Å². The Labute approximate surface area is 219 Å². The van der Waals surface area contributed by atoms with Gasteiger partial charge < -0.3 is 4.74 Å². The molecule has 0 fully saturated rings. The first kappa shape index (κ1) is 26.2. The number of aromatic nitrogens is 2. The summed E-state index contributed by atoms with van der Waals surface area (Å²) in [5.74, 6) is 1.29. The van der Waals surface area contributed by atoms with Gasteiger partial charge in [-0.05, 0) is 69.2 Å². The van der Waals surface area contributed by atoms with E-state index in [1.807, 2.05) is 51.1 Å². The topological polar surface area (TPSA) is 81.5 Å². The molecule has 0 amide bonds. The van der Waals surface area contributed by atoms with Crippen LogP contribution in [0.15, 0.2) is 88.2 Å². The Hall–Kier alpha value is -3.84. The van der Waals surface area contributed by atoms with Crippen molar-refractivity contribution >= 4 is 15.7 Å². The lowest BCUT2D eigenvalue weighted by Gasteiger charge is -2.10. The van der Waals surface area contributed by atoms with E-state index in [4.69, 9.17) is 4.74 Å². The van der Waals surface area contributed by atoms with Crippen LogP contribution in [-0.2, 0) is 29.5 Å². The van der Waals surface area contributed by atoms with E-state index in [0.29, 0.717) is 24.6 Å². The van der Waals surface area contributed by atoms with Gasteiger partial charge in [0.05, 0.1) is 4.90 Å². The molecule has 0 radical (unpaired) electrons. The van der Waals surface area contributed by atoms with Crippen LogP contribution in [0.3, 0.4) is 0 Å². The number of benzene rings is 3. The summed E-state index contributed by atoms with van der Waals surface area (Å²) >= 11 is 0. The summed E-state index contributed by atoms with van der Waals surface area (Å²) in [6.45, 7) is 8.24. The van der Waals surface area contributed by atoms with E-state index >= 15 is 0 Å². The Morgan fingerprint density at radius 1 is 0.730 bits per heavy atom. The highest BCUT2D eigenvalue weighted by Gasteiger charge is 2.16. The summed E-state index contributed by atoms with van der Waals surface area (Å²) < 4.78 is 36.4. The molecule has 1 heterocycles. The zero-order chi connectivity index (χ0) is 26.4. The first-order valence-electron chi connectivity index (χ1n) is 12.1. The van der Waals surface area contributed by atoms with E-state index < -0.39 is 10.0 Å². The average molecular weight is 514 g/mol. The van der Waals surface area contributed by atoms with Gasteiger partial charge >= 0.3 is 0 Å². The van der Waals surface area contributed by atoms with Crippen molar-refractivity contribution in [3.05, 3.63) is 118 Å². The van der Waals surface area contributed by atoms with E-state index in [2.05, 4.69) is 45.6 Å². The summed E-state index contributed by atoms with van der Waals surface area (Å²) in [5, 5.41) is 0. The third-order valence-corrected chi connectivity index (χ3v) is 7.18. The van der Waals surface area contributed by atoms with Crippen molar-refractivity contribution in [2.75, 3.05) is 0 Å². The molecule has 0 saturated carbocycles. The van der Waals surface area contributed by atoms with Gasteiger partial charge in [-0.3, -0.25) is 0 Å². The number of aryl methyl sites for hydroxylation is 4. The highest BCUT2D eigenvalue weighted by atomic mass is 32.2. The fraction of sp³-hybridized carbons (Fsp3) is 0.233. The second-order valence-electron chi connectivity index (χ2n) is 9.28. The third-order valence-electron chi connectivity index (χ3n) is 5.82. The SMILES string of the molecule is Cc1ccc(COc2ccc(CC(Cc3nc(C)cc(C)n3)=NS(=O)(=O)c3ccc(C)cc3)cc2)cc1. The second kappa shape index (κ2) is 11.5. The fourth-order valence-electron chi connectivity index (χ4n) is 3.91. The van der Waals surface area contributed by atoms with Gasteiger partial charge in [-0.25, -0.2) is 9.97 Å². The standard InChI is InChI=1S/C30H31N3O3S/c1-21-5-9-26(10-6-21)20-36-28-13-11-25(12-14-28)18-27(19-30-31-23(3)17-24(4)32-30)33-37(34,35)29-15-7-22(2)8-16-29/h5-17H,18-20H2,1-4H3. The maximum atomic E-state index is 13.1. The quantitative estimate of drug-likeness (QED) is 0.260. The lowest BCUT2D eigenvalue weighted by molar-refractivity contribution is 0.306. The van der Waals surface area contributed by atoms with Crippen molar-refractivity contribution in [2.24, 2.45) is 4.40 Å². The van der Waals surface area contributed by atoms with Gasteiger partial charge in [0.25, 0.3) is 10.0 Å². The van der Waals surface area contributed by atoms with Crippen LogP contribution in [0.2, 0.25) is 0 Å². The molecule has 0 unspecified atom stereocenters. The molecule has 0 aliphatic carbocycles. The van der Waals surface area contributed by atoms with Crippen LogP contribution >= 0.6 is 0 Å². The zero-order valence-corrected chi connectivity index (χ0v) is 22.4. The van der Waals surface area contributed by atoms with Crippen LogP contribution in [0.25, 0.3) is 0 Å². The highest BCUT2D eigenvalue weighted by molar-refractivity contribution is 7.90. The summed E-state index contributed by atoms with van der Waals surface area (Å²) in [7, 11) is -3.88. The molecule has 0 aliphatic rings. The molecule has 6 nitrogen and oxygen atoms in total. The maximum absolute atomic E-state index is 13.1. The lowest BCUT2D eigenvalue weighted by Crippen LogP contribution is -2.14. The molecule has 4 rings (SSSR count). The fourth-order valence-corrected chi connectivity index (χ4v) is 4.97. The van der Waals surface area contributed by atoms with E-state index in [9.17, 15) is 8.42 Å². The Bertz CT molecular complexity index is 1470. The van der Waals surface area contributed by atoms with E-state index in [1.165, 1.54) is 5.56 Å². The third kappa shape index (κ3) is 7.57. The molecule has 7 heteroatoms. The first-order chi connectivity index (χ1) is 17.7. The van der Waals surface area contributed by atoms with Gasteiger partial charge in [-0.2, -0.15) is 12.8 Å². The van der Waals surface area contributed by atoms with Crippen LogP contribution < -0.4 is 4.74 Å². The van der Waals surface area contributed by atoms with Crippen molar-refractivity contribution < 1.29 is 13.2 Å². The van der Waals surface area contributed by atoms with Crippen LogP contribution in [0, 0.1) is 27.7 Å². The number of nitrogens with zero attached hydrogens (tertiary/aromatic N) is 3. The Balaban J connectivity index is 1.55. The largest absolute Gasteiger partial charge is 0.489 e. The van der Waals surface area contributed by atoms with Crippen molar-refractivity contribution in [3.63, 3.8) is 0 Å². The first-order valence-corrected chi connectivity index (χ1v) is 13.6. The van der Waals surface area contributed by atoms with Gasteiger partial charge in [0, 0.05) is 29.9 Å². The molecule has 190 valence electrons. The minimum Gasteiger partial charge on any atom is -0.489 e. The summed E-state index contributed by atoms with van der Waals surface area (Å²) in [5.41, 5.74) is 6.34. The molecular formula is C30H31N3O3S. The Kier molecular flexibility index (Phi) is 8.14. The monoisotopic (exact) mass is 513 g/mol. The molecule has 37 heavy (non-hydrogen) atoms. The summed E-state index contributed by atoms with van der Waals surface area (Å²) in [6.07, 6.45) is 0.582. The number of rotatable bonds is 9. The molecule has 0 N–H and O–H groups in total. The van der Waals surface area contributed by atoms with Gasteiger partial charge in [0.15, 0.2) is 0 Å². The molecule has 0 atom stereocenters. The second-order valence-corrected chi connectivity index (χ2v) is 10.9. The smallest absolute Gasteiger partial charge is 0.282 e. The van der Waals surface area contributed by atoms with E-state index in [0.717, 1.165) is 33.8 Å². The molecule has 0 bridgehead atoms. The van der Waals surface area contributed by atoms with Gasteiger partial charge in [-0.15, -0.1) is 0 Å². The van der Waals surface area contributed by atoms with Crippen LogP contribution in [-0.4, -0.2) is 24.1 Å². The minimum atomic E-state index is -3.88. The number of hydrogen-bond acceptors (Lipinski definition) is 5. The summed E-state index contributed by atoms with van der Waals surface area (Å²) in [4.78, 5) is 9.16. The lowest BCUT2D eigenvalue weighted by atomic mass is 10.1. The molecular weight excluding hydrogens is 482 g/mol. The number of ether oxygens (including phenoxy) is 1. The molecule has 0 spiro atoms. The van der Waals surface area contributed by atoms with E-state index in [-0.39, 0.29) is 11.3 Å². The predicted octanol–water partition coefficient (Wildman–Crippen LogP) is 5.90. The van der Waals surface area contributed by atoms with E-state index in [1.54, 1.807) is 24.3 Å². The zero-order valence-electron chi connectivity index (χ0n) is 21.6. The van der Waals surface area contributed by atoms with Crippen LogP contribution in [0.1, 0.15) is 39.5 Å². The highest BCUT2D eigenvalue weighted by Crippen LogP contribution is 2.18. The van der Waals surface area contributed by atoms with Crippen molar-refractivity contribution in [1.82, 2.24) is 9.97 Å². The maximum Gasteiger partial charge on any atom is 0.282 e. The van der Waals surface area contributed by atoms with Crippen molar-refractivity contribution in [3.8, 4) is 5.75 Å². The minimum absolute atomic E-state index is 0.164. The predicted molar refractivity (Wildman–Crippen MR) is 147 cm³/mol. The molecule has 4 aromatic rings. The molecule has 0 aliphatic heterocycles. The summed E-state index contributed by atoms with van der Waals surface area (Å²) in [6, 6.07) is 24.5. The van der Waals surface area contributed by atoms with Gasteiger partial charge in [0.2, 0.25) is 0 Å². The normalized spacial score (nSPS) is 11.9.